The monoisotopic (exact) mass is 288 g/mol. The minimum Gasteiger partial charge on any atom is -0.857 e. The normalized spacial score (nSPS) is 7.78. The third kappa shape index (κ3) is 53.8. The smallest absolute Gasteiger partial charge is 0.153 e. The third-order valence-corrected chi connectivity index (χ3v) is 5.56. The molecule has 0 fully saturated rings. The zero-order chi connectivity index (χ0) is 15.4. The summed E-state index contributed by atoms with van der Waals surface area (Å²) in [7, 11) is 1.50. The second-order valence-electron chi connectivity index (χ2n) is 4.65. The topological polar surface area (TPSA) is 46.1 Å². The van der Waals surface area contributed by atoms with Crippen molar-refractivity contribution in [3.8, 4) is 0 Å². The van der Waals surface area contributed by atoms with E-state index >= 15 is 0 Å². The van der Waals surface area contributed by atoms with Gasteiger partial charge in [-0.2, -0.15) is 14.2 Å². The fraction of sp³-hybridized carbons (Fsp3) is 1.00. The van der Waals surface area contributed by atoms with Crippen LogP contribution in [0.4, 0.5) is 0 Å². The molecule has 0 bridgehead atoms. The molecule has 0 N–H and O–H groups in total. The van der Waals surface area contributed by atoms with E-state index in [2.05, 4.69) is 41.5 Å². The van der Waals surface area contributed by atoms with Gasteiger partial charge in [-0.25, -0.2) is 0 Å². The van der Waals surface area contributed by atoms with Crippen LogP contribution < -0.4 is 10.2 Å². The van der Waals surface area contributed by atoms with Gasteiger partial charge in [-0.15, -0.1) is 0 Å². The Kier molecular flexibility index (Phi) is 46.8. The fourth-order valence-electron chi connectivity index (χ4n) is 1.05. The molecule has 108 valence electrons. The van der Waals surface area contributed by atoms with E-state index < -0.39 is 0 Å². The molecular weight excluding hydrogens is 254 g/mol. The summed E-state index contributed by atoms with van der Waals surface area (Å²) in [5, 5.41) is 22.3. The van der Waals surface area contributed by atoms with Gasteiger partial charge in [-0.1, -0.05) is 0 Å². The van der Waals surface area contributed by atoms with E-state index in [0.29, 0.717) is 0 Å². The predicted molar refractivity (Wildman–Crippen MR) is 83.6 cm³/mol. The largest absolute Gasteiger partial charge is 0.857 e. The van der Waals surface area contributed by atoms with E-state index in [1.54, 1.807) is 0 Å². The van der Waals surface area contributed by atoms with Gasteiger partial charge in [0.05, 0.1) is 0 Å². The van der Waals surface area contributed by atoms with Crippen LogP contribution in [0.5, 0.6) is 0 Å². The van der Waals surface area contributed by atoms with Gasteiger partial charge in [0.1, 0.15) is 0 Å². The first-order chi connectivity index (χ1) is 8.54. The van der Waals surface area contributed by atoms with E-state index in [0.717, 1.165) is 56.5 Å². The second-order valence-corrected chi connectivity index (χ2v) is 8.38. The molecule has 0 saturated heterocycles. The maximum Gasteiger partial charge on any atom is -0.153 e. The molecule has 0 aliphatic carbocycles. The minimum atomic E-state index is 0.750. The van der Waals surface area contributed by atoms with Gasteiger partial charge in [-0.3, -0.25) is 0 Å². The van der Waals surface area contributed by atoms with Crippen molar-refractivity contribution in [1.29, 1.82) is 0 Å². The van der Waals surface area contributed by atoms with Gasteiger partial charge >= 0.3 is 105 Å². The summed E-state index contributed by atoms with van der Waals surface area (Å²) in [5.41, 5.74) is 0. The first-order valence-electron chi connectivity index (χ1n) is 6.99. The van der Waals surface area contributed by atoms with Crippen LogP contribution in [0.25, 0.3) is 0 Å². The molecule has 18 heavy (non-hydrogen) atoms. The molecule has 0 rings (SSSR count). The van der Waals surface area contributed by atoms with Crippen LogP contribution in [-0.2, 0) is 0 Å². The molecule has 0 aliphatic rings. The van der Waals surface area contributed by atoms with Gasteiger partial charge in [0.15, 0.2) is 0 Å². The van der Waals surface area contributed by atoms with E-state index in [-0.39, 0.29) is 0 Å². The van der Waals surface area contributed by atoms with E-state index in [1.165, 1.54) is 21.1 Å². The minimum absolute atomic E-state index is 0.750. The first kappa shape index (κ1) is 27.3. The average Bonchev–Trinajstić information content (AvgIpc) is 2.35. The van der Waals surface area contributed by atoms with Crippen LogP contribution in [-0.4, -0.2) is 44.7 Å². The predicted octanol–water partition coefficient (Wildman–Crippen LogP) is 2.36. The molecule has 0 aliphatic heterocycles. The van der Waals surface area contributed by atoms with Crippen molar-refractivity contribution in [2.24, 2.45) is 11.8 Å². The fourth-order valence-corrected chi connectivity index (χ4v) is 3.15. The summed E-state index contributed by atoms with van der Waals surface area (Å²) in [4.78, 5) is 0. The molecule has 0 atom stereocenters. The van der Waals surface area contributed by atoms with Crippen LogP contribution in [0.3, 0.4) is 0 Å². The van der Waals surface area contributed by atoms with Gasteiger partial charge < -0.3 is 10.2 Å². The van der Waals surface area contributed by atoms with Crippen molar-refractivity contribution in [2.75, 3.05) is 14.2 Å². The Bertz CT molecular complexity index is 89.8. The molecule has 0 unspecified atom stereocenters. The summed E-state index contributed by atoms with van der Waals surface area (Å²) in [6.07, 6.45) is 0. The molecular formula is C14H34Al2O2. The van der Waals surface area contributed by atoms with Crippen LogP contribution >= 0.6 is 0 Å². The first-order valence-corrected chi connectivity index (χ1v) is 10.3. The maximum atomic E-state index is 8.25. The molecule has 4 heteroatoms. The van der Waals surface area contributed by atoms with Crippen molar-refractivity contribution in [3.63, 3.8) is 0 Å². The summed E-state index contributed by atoms with van der Waals surface area (Å²) in [6.45, 7) is 13.7. The molecule has 0 amide bonds. The summed E-state index contributed by atoms with van der Waals surface area (Å²) in [6, 6.07) is 0. The summed E-state index contributed by atoms with van der Waals surface area (Å²) < 4.78 is 0. The van der Waals surface area contributed by atoms with Crippen molar-refractivity contribution in [3.05, 3.63) is 0 Å². The Morgan fingerprint density at radius 1 is 0.667 bits per heavy atom. The number of hydrogen-bond acceptors (Lipinski definition) is 2. The Balaban J connectivity index is -0.0000000925. The SMILES string of the molecule is CC(C)[CH2][Al+][CH2]C(C)C.C[CH2][Al+][CH2]C.C[O-].C[O-]. The van der Waals surface area contributed by atoms with Gasteiger partial charge in [0.25, 0.3) is 0 Å². The van der Waals surface area contributed by atoms with Crippen molar-refractivity contribution >= 4 is 30.4 Å². The maximum absolute atomic E-state index is 8.25. The standard InChI is InChI=1S/2C4H9.2C2H5.2CH3O.2Al/c2*1-4(2)3;4*1-2;;/h2*4H,1H2,2-3H3;2*1H2,2H3;2*1H3;;/q;;;;2*-1;2*+1. The molecule has 0 radical (unpaired) electrons. The number of hydrogen-bond donors (Lipinski definition) is 0. The van der Waals surface area contributed by atoms with Gasteiger partial charge in [-0.05, 0) is 0 Å². The van der Waals surface area contributed by atoms with Crippen molar-refractivity contribution in [1.82, 2.24) is 0 Å². The van der Waals surface area contributed by atoms with E-state index in [1.807, 2.05) is 0 Å². The third-order valence-electron chi connectivity index (χ3n) is 1.85. The summed E-state index contributed by atoms with van der Waals surface area (Å²) in [5.74, 6) is 1.86. The van der Waals surface area contributed by atoms with Crippen LogP contribution in [0, 0.1) is 11.8 Å². The average molecular weight is 288 g/mol. The van der Waals surface area contributed by atoms with E-state index in [4.69, 9.17) is 10.2 Å². The molecule has 0 spiro atoms. The van der Waals surface area contributed by atoms with Crippen molar-refractivity contribution < 1.29 is 10.2 Å². The van der Waals surface area contributed by atoms with Gasteiger partial charge in [0, 0.05) is 0 Å². The molecule has 0 heterocycles. The Morgan fingerprint density at radius 3 is 1.06 bits per heavy atom. The van der Waals surface area contributed by atoms with Crippen molar-refractivity contribution in [2.45, 2.75) is 62.7 Å². The van der Waals surface area contributed by atoms with Gasteiger partial charge in [0.2, 0.25) is 0 Å². The molecule has 0 aromatic carbocycles. The van der Waals surface area contributed by atoms with Crippen LogP contribution in [0.15, 0.2) is 0 Å². The Morgan fingerprint density at radius 2 is 0.944 bits per heavy atom. The van der Waals surface area contributed by atoms with Crippen LogP contribution in [0.1, 0.15) is 41.5 Å². The Labute approximate surface area is 129 Å². The number of rotatable bonds is 6. The molecule has 2 nitrogen and oxygen atoms in total. The molecule has 0 aromatic rings. The quantitative estimate of drug-likeness (QED) is 0.704. The zero-order valence-electron chi connectivity index (χ0n) is 14.0. The van der Waals surface area contributed by atoms with Crippen LogP contribution in [0.2, 0.25) is 21.1 Å². The second kappa shape index (κ2) is 30.8. The zero-order valence-corrected chi connectivity index (χ0v) is 16.3. The molecule has 0 saturated carbocycles. The van der Waals surface area contributed by atoms with E-state index in [9.17, 15) is 0 Å². The summed E-state index contributed by atoms with van der Waals surface area (Å²) >= 11 is 1.57. The molecule has 0 aromatic heterocycles. The Hall–Kier alpha value is 0.985.